The van der Waals surface area contributed by atoms with E-state index in [2.05, 4.69) is 5.32 Å². The maximum absolute atomic E-state index is 11.3. The molecule has 1 aliphatic rings. The first-order valence-corrected chi connectivity index (χ1v) is 6.44. The molecule has 102 valence electrons. The number of hydrogen-bond acceptors (Lipinski definition) is 3. The smallest absolute Gasteiger partial charge is 0.317 e. The second-order valence-electron chi connectivity index (χ2n) is 4.74. The molecule has 1 heterocycles. The van der Waals surface area contributed by atoms with E-state index in [1.165, 1.54) is 5.56 Å². The van der Waals surface area contributed by atoms with E-state index in [1.807, 2.05) is 30.0 Å². The Bertz CT molecular complexity index is 499. The Morgan fingerprint density at radius 3 is 2.84 bits per heavy atom. The number of anilines is 1. The summed E-state index contributed by atoms with van der Waals surface area (Å²) in [5.74, 6) is -0.793. The van der Waals surface area contributed by atoms with E-state index in [1.54, 1.807) is 0 Å². The van der Waals surface area contributed by atoms with Crippen LogP contribution < -0.4 is 5.32 Å². The van der Waals surface area contributed by atoms with Crippen LogP contribution in [-0.2, 0) is 22.6 Å². The fourth-order valence-electron chi connectivity index (χ4n) is 2.26. The number of carboxylic acids is 1. The van der Waals surface area contributed by atoms with Crippen molar-refractivity contribution in [3.8, 4) is 0 Å². The molecule has 0 saturated carbocycles. The van der Waals surface area contributed by atoms with Gasteiger partial charge in [0.2, 0.25) is 5.91 Å². The van der Waals surface area contributed by atoms with Gasteiger partial charge in [-0.05, 0) is 29.7 Å². The van der Waals surface area contributed by atoms with Gasteiger partial charge in [-0.1, -0.05) is 13.0 Å². The molecule has 1 aromatic rings. The number of carbonyl (C=O) groups is 2. The molecule has 1 aliphatic heterocycles. The van der Waals surface area contributed by atoms with Crippen molar-refractivity contribution in [2.24, 2.45) is 0 Å². The largest absolute Gasteiger partial charge is 0.480 e. The van der Waals surface area contributed by atoms with Gasteiger partial charge < -0.3 is 10.4 Å². The Kier molecular flexibility index (Phi) is 4.16. The Morgan fingerprint density at radius 2 is 2.16 bits per heavy atom. The van der Waals surface area contributed by atoms with Crippen LogP contribution in [0.1, 0.15) is 24.5 Å². The summed E-state index contributed by atoms with van der Waals surface area (Å²) in [4.78, 5) is 23.9. The molecule has 2 rings (SSSR count). The standard InChI is InChI=1S/C14H18N2O3/c1-2-13(17)15-12-4-3-11-8-16(9-14(18)19)6-5-10(11)7-12/h3-4,7H,2,5-6,8-9H2,1H3,(H,15,17)(H,18,19). The first kappa shape index (κ1) is 13.5. The molecule has 5 nitrogen and oxygen atoms in total. The summed E-state index contributed by atoms with van der Waals surface area (Å²) in [5.41, 5.74) is 3.15. The van der Waals surface area contributed by atoms with Crippen molar-refractivity contribution in [2.45, 2.75) is 26.3 Å². The van der Waals surface area contributed by atoms with E-state index in [0.29, 0.717) is 13.0 Å². The predicted octanol–water partition coefficient (Wildman–Crippen LogP) is 1.48. The van der Waals surface area contributed by atoms with Crippen molar-refractivity contribution in [1.29, 1.82) is 0 Å². The number of carboxylic acid groups (broad SMARTS) is 1. The van der Waals surface area contributed by atoms with Crippen molar-refractivity contribution in [3.63, 3.8) is 0 Å². The third-order valence-electron chi connectivity index (χ3n) is 3.26. The van der Waals surface area contributed by atoms with Crippen LogP contribution in [0.4, 0.5) is 5.69 Å². The number of rotatable bonds is 4. The third-order valence-corrected chi connectivity index (χ3v) is 3.26. The number of aliphatic carboxylic acids is 1. The number of hydrogen-bond donors (Lipinski definition) is 2. The second kappa shape index (κ2) is 5.84. The van der Waals surface area contributed by atoms with Gasteiger partial charge in [-0.2, -0.15) is 0 Å². The van der Waals surface area contributed by atoms with E-state index < -0.39 is 5.97 Å². The first-order valence-electron chi connectivity index (χ1n) is 6.44. The van der Waals surface area contributed by atoms with Crippen LogP contribution in [0, 0.1) is 0 Å². The zero-order chi connectivity index (χ0) is 13.8. The topological polar surface area (TPSA) is 69.6 Å². The zero-order valence-electron chi connectivity index (χ0n) is 11.0. The molecule has 0 aromatic heterocycles. The van der Waals surface area contributed by atoms with E-state index in [9.17, 15) is 9.59 Å². The maximum Gasteiger partial charge on any atom is 0.317 e. The highest BCUT2D eigenvalue weighted by Gasteiger charge is 2.18. The molecule has 0 spiro atoms. The summed E-state index contributed by atoms with van der Waals surface area (Å²) in [7, 11) is 0. The van der Waals surface area contributed by atoms with E-state index in [0.717, 1.165) is 24.2 Å². The van der Waals surface area contributed by atoms with Crippen LogP contribution >= 0.6 is 0 Å². The number of fused-ring (bicyclic) bond motifs is 1. The van der Waals surface area contributed by atoms with Crippen molar-refractivity contribution in [1.82, 2.24) is 4.90 Å². The first-order chi connectivity index (χ1) is 9.08. The van der Waals surface area contributed by atoms with Gasteiger partial charge in [0.05, 0.1) is 6.54 Å². The predicted molar refractivity (Wildman–Crippen MR) is 72.0 cm³/mol. The van der Waals surface area contributed by atoms with Crippen LogP contribution in [0.25, 0.3) is 0 Å². The molecule has 0 unspecified atom stereocenters. The fraction of sp³-hybridized carbons (Fsp3) is 0.429. The Labute approximate surface area is 112 Å². The van der Waals surface area contributed by atoms with Crippen LogP contribution in [0.15, 0.2) is 18.2 Å². The molecule has 0 radical (unpaired) electrons. The minimum absolute atomic E-state index is 0.00302. The number of nitrogens with zero attached hydrogens (tertiary/aromatic N) is 1. The lowest BCUT2D eigenvalue weighted by Gasteiger charge is -2.27. The van der Waals surface area contributed by atoms with Crippen LogP contribution in [0.5, 0.6) is 0 Å². The number of nitrogens with one attached hydrogen (secondary N) is 1. The summed E-state index contributed by atoms with van der Waals surface area (Å²) in [6, 6.07) is 5.83. The minimum Gasteiger partial charge on any atom is -0.480 e. The SMILES string of the molecule is CCC(=O)Nc1ccc2c(c1)CCN(CC(=O)O)C2. The van der Waals surface area contributed by atoms with Gasteiger partial charge >= 0.3 is 5.97 Å². The molecule has 0 saturated heterocycles. The summed E-state index contributed by atoms with van der Waals surface area (Å²) in [6.45, 7) is 3.29. The third kappa shape index (κ3) is 3.54. The summed E-state index contributed by atoms with van der Waals surface area (Å²) < 4.78 is 0. The minimum atomic E-state index is -0.796. The molecular weight excluding hydrogens is 244 g/mol. The normalized spacial score (nSPS) is 14.8. The van der Waals surface area contributed by atoms with Crippen molar-refractivity contribution >= 4 is 17.6 Å². The highest BCUT2D eigenvalue weighted by molar-refractivity contribution is 5.90. The fourth-order valence-corrected chi connectivity index (χ4v) is 2.26. The average molecular weight is 262 g/mol. The molecule has 5 heteroatoms. The van der Waals surface area contributed by atoms with Crippen molar-refractivity contribution in [3.05, 3.63) is 29.3 Å². The summed E-state index contributed by atoms with van der Waals surface area (Å²) in [5, 5.41) is 11.6. The van der Waals surface area contributed by atoms with E-state index in [4.69, 9.17) is 5.11 Å². The Morgan fingerprint density at radius 1 is 1.37 bits per heavy atom. The molecule has 1 aromatic carbocycles. The highest BCUT2D eigenvalue weighted by Crippen LogP contribution is 2.22. The zero-order valence-corrected chi connectivity index (χ0v) is 11.0. The van der Waals surface area contributed by atoms with Gasteiger partial charge in [-0.15, -0.1) is 0 Å². The number of amides is 1. The van der Waals surface area contributed by atoms with Gasteiger partial charge in [-0.25, -0.2) is 0 Å². The summed E-state index contributed by atoms with van der Waals surface area (Å²) >= 11 is 0. The van der Waals surface area contributed by atoms with Gasteiger partial charge in [0.1, 0.15) is 0 Å². The molecular formula is C14H18N2O3. The lowest BCUT2D eigenvalue weighted by atomic mass is 9.99. The van der Waals surface area contributed by atoms with Gasteiger partial charge in [-0.3, -0.25) is 14.5 Å². The number of benzene rings is 1. The maximum atomic E-state index is 11.3. The molecule has 2 N–H and O–H groups in total. The Balaban J connectivity index is 2.07. The quantitative estimate of drug-likeness (QED) is 0.862. The Hall–Kier alpha value is -1.88. The molecule has 0 fully saturated rings. The second-order valence-corrected chi connectivity index (χ2v) is 4.74. The molecule has 19 heavy (non-hydrogen) atoms. The van der Waals surface area contributed by atoms with Crippen LogP contribution in [-0.4, -0.2) is 35.0 Å². The summed E-state index contributed by atoms with van der Waals surface area (Å²) in [6.07, 6.45) is 1.28. The van der Waals surface area contributed by atoms with E-state index >= 15 is 0 Å². The molecule has 0 bridgehead atoms. The van der Waals surface area contributed by atoms with Crippen molar-refractivity contribution in [2.75, 3.05) is 18.4 Å². The number of carbonyl (C=O) groups excluding carboxylic acids is 1. The van der Waals surface area contributed by atoms with Crippen LogP contribution in [0.3, 0.4) is 0 Å². The molecule has 1 amide bonds. The lowest BCUT2D eigenvalue weighted by Crippen LogP contribution is -2.34. The van der Waals surface area contributed by atoms with Crippen LogP contribution in [0.2, 0.25) is 0 Å². The molecule has 0 aliphatic carbocycles. The van der Waals surface area contributed by atoms with E-state index in [-0.39, 0.29) is 12.5 Å². The van der Waals surface area contributed by atoms with Gasteiger partial charge in [0, 0.05) is 25.2 Å². The monoisotopic (exact) mass is 262 g/mol. The lowest BCUT2D eigenvalue weighted by molar-refractivity contribution is -0.138. The highest BCUT2D eigenvalue weighted by atomic mass is 16.4. The average Bonchev–Trinajstić information content (AvgIpc) is 2.38. The van der Waals surface area contributed by atoms with Gasteiger partial charge in [0.25, 0.3) is 0 Å². The van der Waals surface area contributed by atoms with Gasteiger partial charge in [0.15, 0.2) is 0 Å². The molecule has 0 atom stereocenters. The van der Waals surface area contributed by atoms with Crippen molar-refractivity contribution < 1.29 is 14.7 Å².